The normalized spacial score (nSPS) is 24.0. The van der Waals surface area contributed by atoms with Gasteiger partial charge in [-0.1, -0.05) is 11.6 Å². The molecule has 0 aliphatic carbocycles. The Morgan fingerprint density at radius 1 is 1.60 bits per heavy atom. The predicted octanol–water partition coefficient (Wildman–Crippen LogP) is -0.630. The number of methoxy groups -OCH3 is 1. The van der Waals surface area contributed by atoms with Crippen LogP contribution in [0.2, 0.25) is 5.02 Å². The number of carbonyl (C=O) groups is 1. The summed E-state index contributed by atoms with van der Waals surface area (Å²) in [6.45, 7) is -0.191. The van der Waals surface area contributed by atoms with Crippen molar-refractivity contribution < 1.29 is 23.1 Å². The lowest BCUT2D eigenvalue weighted by molar-refractivity contribution is -0.144. The molecule has 1 fully saturated rings. The number of esters is 1. The molecule has 1 saturated heterocycles. The summed E-state index contributed by atoms with van der Waals surface area (Å²) in [5.41, 5.74) is 0. The number of hydrogen-bond donors (Lipinski definition) is 1. The van der Waals surface area contributed by atoms with E-state index in [9.17, 15) is 18.3 Å². The van der Waals surface area contributed by atoms with Gasteiger partial charge < -0.3 is 9.84 Å². The highest BCUT2D eigenvalue weighted by Gasteiger charge is 2.45. The number of carbonyl (C=O) groups excluding carboxylic acids is 1. The fourth-order valence-corrected chi connectivity index (χ4v) is 4.44. The summed E-state index contributed by atoms with van der Waals surface area (Å²) >= 11 is 5.84. The van der Waals surface area contributed by atoms with Crippen LogP contribution >= 0.6 is 11.6 Å². The van der Waals surface area contributed by atoms with E-state index in [-0.39, 0.29) is 23.0 Å². The zero-order valence-corrected chi connectivity index (χ0v) is 12.4. The summed E-state index contributed by atoms with van der Waals surface area (Å²) in [6.07, 6.45) is 0.260. The summed E-state index contributed by atoms with van der Waals surface area (Å²) in [6, 6.07) is -1.06. The standard InChI is InChI=1S/C10H14ClN3O5S/c1-13-9(7(11)4-12-13)20(17,18)14-5-6(15)3-8(14)10(16)19-2/h4,6,8,15H,3,5H2,1-2H3. The van der Waals surface area contributed by atoms with E-state index in [2.05, 4.69) is 9.84 Å². The summed E-state index contributed by atoms with van der Waals surface area (Å²) in [7, 11) is -1.46. The Morgan fingerprint density at radius 3 is 2.75 bits per heavy atom. The number of aliphatic hydroxyl groups excluding tert-OH is 1. The monoisotopic (exact) mass is 323 g/mol. The Kier molecular flexibility index (Phi) is 4.05. The number of halogens is 1. The van der Waals surface area contributed by atoms with Crippen LogP contribution in [0.1, 0.15) is 6.42 Å². The lowest BCUT2D eigenvalue weighted by atomic mass is 10.2. The van der Waals surface area contributed by atoms with Crippen LogP contribution in [0.15, 0.2) is 11.2 Å². The third-order valence-corrected chi connectivity index (χ3v) is 5.48. The van der Waals surface area contributed by atoms with E-state index in [0.29, 0.717) is 0 Å². The summed E-state index contributed by atoms with van der Waals surface area (Å²) in [5.74, 6) is -0.719. The molecule has 2 atom stereocenters. The van der Waals surface area contributed by atoms with Gasteiger partial charge in [-0.25, -0.2) is 8.42 Å². The molecule has 0 bridgehead atoms. The third kappa shape index (κ3) is 2.41. The average molecular weight is 324 g/mol. The molecular weight excluding hydrogens is 310 g/mol. The van der Waals surface area contributed by atoms with Gasteiger partial charge in [0.15, 0.2) is 5.03 Å². The molecule has 112 valence electrons. The van der Waals surface area contributed by atoms with Crippen molar-refractivity contribution in [2.45, 2.75) is 23.6 Å². The highest BCUT2D eigenvalue weighted by molar-refractivity contribution is 7.89. The number of β-amino-alcohol motifs (C(OH)–C–C–N with tert-alkyl or cyclic N) is 1. The number of hydrogen-bond acceptors (Lipinski definition) is 6. The van der Waals surface area contributed by atoms with Gasteiger partial charge in [0, 0.05) is 20.0 Å². The molecule has 2 rings (SSSR count). The van der Waals surface area contributed by atoms with Gasteiger partial charge in [0.2, 0.25) is 0 Å². The Labute approximate surface area is 120 Å². The van der Waals surface area contributed by atoms with Crippen LogP contribution in [-0.2, 0) is 26.6 Å². The number of sulfonamides is 1. The molecule has 0 saturated carbocycles. The van der Waals surface area contributed by atoms with Crippen molar-refractivity contribution in [3.63, 3.8) is 0 Å². The number of aryl methyl sites for hydroxylation is 1. The smallest absolute Gasteiger partial charge is 0.324 e. The zero-order chi connectivity index (χ0) is 15.1. The van der Waals surface area contributed by atoms with Crippen LogP contribution in [0.25, 0.3) is 0 Å². The van der Waals surface area contributed by atoms with Gasteiger partial charge in [-0.2, -0.15) is 9.40 Å². The Hall–Kier alpha value is -1.16. The van der Waals surface area contributed by atoms with E-state index < -0.39 is 28.1 Å². The lowest BCUT2D eigenvalue weighted by Crippen LogP contribution is -2.41. The van der Waals surface area contributed by atoms with E-state index in [1.165, 1.54) is 13.2 Å². The first kappa shape index (κ1) is 15.2. The van der Waals surface area contributed by atoms with Gasteiger partial charge in [-0.05, 0) is 0 Å². The fourth-order valence-electron chi connectivity index (χ4n) is 2.20. The first-order valence-corrected chi connectivity index (χ1v) is 7.56. The SMILES string of the molecule is COC(=O)C1CC(O)CN1S(=O)(=O)c1c(Cl)cnn1C. The van der Waals surface area contributed by atoms with Crippen molar-refractivity contribution in [3.8, 4) is 0 Å². The number of rotatable bonds is 3. The van der Waals surface area contributed by atoms with Crippen LogP contribution in [0.3, 0.4) is 0 Å². The molecule has 0 amide bonds. The van der Waals surface area contributed by atoms with Crippen molar-refractivity contribution in [1.82, 2.24) is 14.1 Å². The van der Waals surface area contributed by atoms with E-state index in [1.807, 2.05) is 0 Å². The van der Waals surface area contributed by atoms with Crippen molar-refractivity contribution in [2.75, 3.05) is 13.7 Å². The van der Waals surface area contributed by atoms with E-state index in [1.54, 1.807) is 0 Å². The average Bonchev–Trinajstić information content (AvgIpc) is 2.92. The zero-order valence-electron chi connectivity index (χ0n) is 10.9. The van der Waals surface area contributed by atoms with Crippen LogP contribution in [-0.4, -0.2) is 59.4 Å². The van der Waals surface area contributed by atoms with Crippen LogP contribution in [0.4, 0.5) is 0 Å². The minimum absolute atomic E-state index is 0.0125. The fraction of sp³-hybridized carbons (Fsp3) is 0.600. The number of aromatic nitrogens is 2. The second kappa shape index (κ2) is 5.32. The van der Waals surface area contributed by atoms with Crippen molar-refractivity contribution in [1.29, 1.82) is 0 Å². The third-order valence-electron chi connectivity index (χ3n) is 3.10. The lowest BCUT2D eigenvalue weighted by Gasteiger charge is -2.21. The van der Waals surface area contributed by atoms with Crippen molar-refractivity contribution >= 4 is 27.6 Å². The number of ether oxygens (including phenoxy) is 1. The minimum Gasteiger partial charge on any atom is -0.468 e. The van der Waals surface area contributed by atoms with Crippen LogP contribution < -0.4 is 0 Å². The Morgan fingerprint density at radius 2 is 2.25 bits per heavy atom. The molecule has 1 N–H and O–H groups in total. The summed E-state index contributed by atoms with van der Waals surface area (Å²) in [5, 5.41) is 13.1. The quantitative estimate of drug-likeness (QED) is 0.743. The largest absolute Gasteiger partial charge is 0.468 e. The van der Waals surface area contributed by atoms with Gasteiger partial charge in [-0.15, -0.1) is 0 Å². The maximum Gasteiger partial charge on any atom is 0.324 e. The molecule has 0 radical (unpaired) electrons. The van der Waals surface area contributed by atoms with Crippen LogP contribution in [0.5, 0.6) is 0 Å². The predicted molar refractivity (Wildman–Crippen MR) is 68.5 cm³/mol. The molecule has 1 aliphatic rings. The molecule has 2 unspecified atom stereocenters. The van der Waals surface area contributed by atoms with Gasteiger partial charge in [0.05, 0.1) is 24.4 Å². The van der Waals surface area contributed by atoms with E-state index >= 15 is 0 Å². The molecule has 0 aromatic carbocycles. The van der Waals surface area contributed by atoms with E-state index in [4.69, 9.17) is 11.6 Å². The highest BCUT2D eigenvalue weighted by Crippen LogP contribution is 2.30. The van der Waals surface area contributed by atoms with E-state index in [0.717, 1.165) is 16.1 Å². The minimum atomic E-state index is -4.05. The van der Waals surface area contributed by atoms with Crippen LogP contribution in [0, 0.1) is 0 Å². The summed E-state index contributed by atoms with van der Waals surface area (Å²) in [4.78, 5) is 11.7. The van der Waals surface area contributed by atoms with Crippen molar-refractivity contribution in [3.05, 3.63) is 11.2 Å². The molecule has 1 aromatic rings. The first-order chi connectivity index (χ1) is 9.28. The van der Waals surface area contributed by atoms with Gasteiger partial charge in [-0.3, -0.25) is 9.48 Å². The molecule has 0 spiro atoms. The number of nitrogens with zero attached hydrogens (tertiary/aromatic N) is 3. The Bertz CT molecular complexity index is 609. The molecular formula is C10H14ClN3O5S. The maximum absolute atomic E-state index is 12.6. The summed E-state index contributed by atoms with van der Waals surface area (Å²) < 4.78 is 31.7. The molecule has 10 heteroatoms. The number of aliphatic hydroxyl groups is 1. The molecule has 2 heterocycles. The second-order valence-electron chi connectivity index (χ2n) is 4.42. The van der Waals surface area contributed by atoms with Gasteiger partial charge in [0.25, 0.3) is 10.0 Å². The van der Waals surface area contributed by atoms with Crippen molar-refractivity contribution in [2.24, 2.45) is 7.05 Å². The molecule has 20 heavy (non-hydrogen) atoms. The van der Waals surface area contributed by atoms with Gasteiger partial charge in [0.1, 0.15) is 6.04 Å². The highest BCUT2D eigenvalue weighted by atomic mass is 35.5. The Balaban J connectivity index is 2.45. The first-order valence-electron chi connectivity index (χ1n) is 5.74. The molecule has 1 aromatic heterocycles. The maximum atomic E-state index is 12.6. The second-order valence-corrected chi connectivity index (χ2v) is 6.64. The van der Waals surface area contributed by atoms with Gasteiger partial charge >= 0.3 is 5.97 Å². The molecule has 1 aliphatic heterocycles. The molecule has 8 nitrogen and oxygen atoms in total. The topological polar surface area (TPSA) is 102 Å².